The Kier molecular flexibility index (Phi) is 5.55. The number of nitrogens with one attached hydrogen (secondary N) is 2. The van der Waals surface area contributed by atoms with E-state index in [-0.39, 0.29) is 11.9 Å². The van der Waals surface area contributed by atoms with Crippen molar-refractivity contribution in [3.8, 4) is 0 Å². The van der Waals surface area contributed by atoms with Gasteiger partial charge in [-0.15, -0.1) is 11.8 Å². The summed E-state index contributed by atoms with van der Waals surface area (Å²) in [4.78, 5) is 13.0. The van der Waals surface area contributed by atoms with Crippen LogP contribution in [0.25, 0.3) is 0 Å². The SMILES string of the molecule is CC1CCNCC1NC(=O)CSc1ccc(Cl)cc1. The molecule has 0 spiro atoms. The zero-order valence-corrected chi connectivity index (χ0v) is 12.6. The molecule has 1 aromatic carbocycles. The lowest BCUT2D eigenvalue weighted by Gasteiger charge is -2.30. The minimum atomic E-state index is 0.0977. The van der Waals surface area contributed by atoms with Crippen molar-refractivity contribution in [2.45, 2.75) is 24.3 Å². The molecule has 104 valence electrons. The van der Waals surface area contributed by atoms with Crippen LogP contribution >= 0.6 is 23.4 Å². The van der Waals surface area contributed by atoms with Crippen molar-refractivity contribution >= 4 is 29.3 Å². The van der Waals surface area contributed by atoms with Gasteiger partial charge < -0.3 is 10.6 Å². The molecule has 1 heterocycles. The summed E-state index contributed by atoms with van der Waals surface area (Å²) in [6.07, 6.45) is 1.12. The fourth-order valence-corrected chi connectivity index (χ4v) is 2.95. The second kappa shape index (κ2) is 7.17. The highest BCUT2D eigenvalue weighted by atomic mass is 35.5. The van der Waals surface area contributed by atoms with Crippen molar-refractivity contribution in [3.05, 3.63) is 29.3 Å². The normalized spacial score (nSPS) is 23.1. The summed E-state index contributed by atoms with van der Waals surface area (Å²) in [5.74, 6) is 1.09. The molecule has 2 rings (SSSR count). The Morgan fingerprint density at radius 1 is 1.47 bits per heavy atom. The van der Waals surface area contributed by atoms with Crippen LogP contribution in [0.4, 0.5) is 0 Å². The monoisotopic (exact) mass is 298 g/mol. The molecule has 1 aliphatic heterocycles. The van der Waals surface area contributed by atoms with Crippen molar-refractivity contribution in [1.29, 1.82) is 0 Å². The van der Waals surface area contributed by atoms with Crippen molar-refractivity contribution in [3.63, 3.8) is 0 Å². The summed E-state index contributed by atoms with van der Waals surface area (Å²) in [7, 11) is 0. The lowest BCUT2D eigenvalue weighted by molar-refractivity contribution is -0.119. The van der Waals surface area contributed by atoms with Crippen LogP contribution in [-0.4, -0.2) is 30.8 Å². The number of carbonyl (C=O) groups is 1. The quantitative estimate of drug-likeness (QED) is 0.840. The first-order chi connectivity index (χ1) is 9.15. The summed E-state index contributed by atoms with van der Waals surface area (Å²) in [5.41, 5.74) is 0. The molecule has 5 heteroatoms. The predicted molar refractivity (Wildman–Crippen MR) is 80.8 cm³/mol. The Hall–Kier alpha value is -0.710. The van der Waals surface area contributed by atoms with Gasteiger partial charge in [-0.2, -0.15) is 0 Å². The number of hydrogen-bond donors (Lipinski definition) is 2. The zero-order chi connectivity index (χ0) is 13.7. The van der Waals surface area contributed by atoms with Crippen LogP contribution in [0.15, 0.2) is 29.2 Å². The van der Waals surface area contributed by atoms with Gasteiger partial charge in [-0.3, -0.25) is 4.79 Å². The van der Waals surface area contributed by atoms with E-state index in [1.807, 2.05) is 24.3 Å². The van der Waals surface area contributed by atoms with Gasteiger partial charge in [0.1, 0.15) is 0 Å². The standard InChI is InChI=1S/C14H19ClN2OS/c1-10-6-7-16-8-13(10)17-14(18)9-19-12-4-2-11(15)3-5-12/h2-5,10,13,16H,6-9H2,1H3,(H,17,18). The Balaban J connectivity index is 1.76. The molecule has 2 unspecified atom stereocenters. The molecule has 1 fully saturated rings. The van der Waals surface area contributed by atoms with Crippen molar-refractivity contribution in [2.24, 2.45) is 5.92 Å². The van der Waals surface area contributed by atoms with Crippen LogP contribution in [0.5, 0.6) is 0 Å². The molecule has 1 saturated heterocycles. The lowest BCUT2D eigenvalue weighted by Crippen LogP contribution is -2.50. The van der Waals surface area contributed by atoms with Crippen LogP contribution in [0.2, 0.25) is 5.02 Å². The first-order valence-corrected chi connectivity index (χ1v) is 7.90. The van der Waals surface area contributed by atoms with Gasteiger partial charge in [-0.25, -0.2) is 0 Å². The van der Waals surface area contributed by atoms with E-state index >= 15 is 0 Å². The number of benzene rings is 1. The first kappa shape index (κ1) is 14.7. The van der Waals surface area contributed by atoms with Gasteiger partial charge in [0.05, 0.1) is 5.75 Å². The highest BCUT2D eigenvalue weighted by Gasteiger charge is 2.22. The van der Waals surface area contributed by atoms with Crippen LogP contribution in [0.3, 0.4) is 0 Å². The van der Waals surface area contributed by atoms with Gasteiger partial charge in [0.25, 0.3) is 0 Å². The Morgan fingerprint density at radius 2 is 2.21 bits per heavy atom. The molecule has 3 nitrogen and oxygen atoms in total. The molecule has 1 aliphatic rings. The Morgan fingerprint density at radius 3 is 2.89 bits per heavy atom. The van der Waals surface area contributed by atoms with E-state index in [0.29, 0.717) is 11.7 Å². The maximum Gasteiger partial charge on any atom is 0.230 e. The number of piperidine rings is 1. The molecular formula is C14H19ClN2OS. The largest absolute Gasteiger partial charge is 0.351 e. The number of thioether (sulfide) groups is 1. The average Bonchev–Trinajstić information content (AvgIpc) is 2.41. The van der Waals surface area contributed by atoms with Crippen molar-refractivity contribution in [2.75, 3.05) is 18.8 Å². The topological polar surface area (TPSA) is 41.1 Å². The van der Waals surface area contributed by atoms with Crippen molar-refractivity contribution < 1.29 is 4.79 Å². The van der Waals surface area contributed by atoms with E-state index in [4.69, 9.17) is 11.6 Å². The molecular weight excluding hydrogens is 280 g/mol. The molecule has 1 aromatic rings. The minimum absolute atomic E-state index is 0.0977. The highest BCUT2D eigenvalue weighted by molar-refractivity contribution is 8.00. The van der Waals surface area contributed by atoms with Gasteiger partial charge in [-0.1, -0.05) is 18.5 Å². The highest BCUT2D eigenvalue weighted by Crippen LogP contribution is 2.20. The first-order valence-electron chi connectivity index (χ1n) is 6.53. The Labute approximate surface area is 123 Å². The summed E-state index contributed by atoms with van der Waals surface area (Å²) in [6.45, 7) is 4.11. The van der Waals surface area contributed by atoms with Crippen LogP contribution < -0.4 is 10.6 Å². The van der Waals surface area contributed by atoms with Gasteiger partial charge in [0.15, 0.2) is 0 Å². The van der Waals surface area contributed by atoms with E-state index < -0.39 is 0 Å². The minimum Gasteiger partial charge on any atom is -0.351 e. The predicted octanol–water partition coefficient (Wildman–Crippen LogP) is 2.55. The molecule has 1 amide bonds. The molecule has 19 heavy (non-hydrogen) atoms. The maximum atomic E-state index is 11.9. The van der Waals surface area contributed by atoms with Gasteiger partial charge >= 0.3 is 0 Å². The summed E-state index contributed by atoms with van der Waals surface area (Å²) in [6, 6.07) is 7.81. The lowest BCUT2D eigenvalue weighted by atomic mass is 9.95. The summed E-state index contributed by atoms with van der Waals surface area (Å²) < 4.78 is 0. The maximum absolute atomic E-state index is 11.9. The fourth-order valence-electron chi connectivity index (χ4n) is 2.11. The summed E-state index contributed by atoms with van der Waals surface area (Å²) in [5, 5.41) is 7.13. The molecule has 0 aromatic heterocycles. The molecule has 0 radical (unpaired) electrons. The van der Waals surface area contributed by atoms with E-state index in [0.717, 1.165) is 29.4 Å². The number of amides is 1. The van der Waals surface area contributed by atoms with Crippen LogP contribution in [0.1, 0.15) is 13.3 Å². The second-order valence-electron chi connectivity index (χ2n) is 4.89. The number of hydrogen-bond acceptors (Lipinski definition) is 3. The van der Waals surface area contributed by atoms with Gasteiger partial charge in [-0.05, 0) is 43.1 Å². The molecule has 2 atom stereocenters. The van der Waals surface area contributed by atoms with E-state index in [9.17, 15) is 4.79 Å². The third kappa shape index (κ3) is 4.71. The third-order valence-electron chi connectivity index (χ3n) is 3.36. The van der Waals surface area contributed by atoms with Gasteiger partial charge in [0, 0.05) is 22.5 Å². The Bertz CT molecular complexity index is 424. The van der Waals surface area contributed by atoms with Gasteiger partial charge in [0.2, 0.25) is 5.91 Å². The molecule has 2 N–H and O–H groups in total. The number of rotatable bonds is 4. The van der Waals surface area contributed by atoms with E-state index in [1.165, 1.54) is 11.8 Å². The second-order valence-corrected chi connectivity index (χ2v) is 6.37. The molecule has 0 bridgehead atoms. The van der Waals surface area contributed by atoms with E-state index in [2.05, 4.69) is 17.6 Å². The molecule has 0 aliphatic carbocycles. The fraction of sp³-hybridized carbons (Fsp3) is 0.500. The smallest absolute Gasteiger partial charge is 0.230 e. The average molecular weight is 299 g/mol. The molecule has 0 saturated carbocycles. The third-order valence-corrected chi connectivity index (χ3v) is 4.62. The summed E-state index contributed by atoms with van der Waals surface area (Å²) >= 11 is 7.36. The van der Waals surface area contributed by atoms with Crippen molar-refractivity contribution in [1.82, 2.24) is 10.6 Å². The van der Waals surface area contributed by atoms with Crippen LogP contribution in [-0.2, 0) is 4.79 Å². The zero-order valence-electron chi connectivity index (χ0n) is 11.0. The van der Waals surface area contributed by atoms with E-state index in [1.54, 1.807) is 0 Å². The van der Waals surface area contributed by atoms with Crippen LogP contribution in [0, 0.1) is 5.92 Å². The number of halogens is 1. The number of carbonyl (C=O) groups excluding carboxylic acids is 1.